The van der Waals surface area contributed by atoms with Gasteiger partial charge in [-0.25, -0.2) is 18.6 Å². The summed E-state index contributed by atoms with van der Waals surface area (Å²) in [5, 5.41) is 3.06. The zero-order chi connectivity index (χ0) is 18.4. The molecule has 0 aromatic heterocycles. The second-order valence-electron chi connectivity index (χ2n) is 6.48. The first-order valence-electron chi connectivity index (χ1n) is 8.11. The van der Waals surface area contributed by atoms with Crippen LogP contribution in [0.3, 0.4) is 0 Å². The Bertz CT molecular complexity index is 772. The quantitative estimate of drug-likeness (QED) is 0.621. The van der Waals surface area contributed by atoms with Crippen molar-refractivity contribution in [2.75, 3.05) is 14.2 Å². The number of esters is 1. The minimum atomic E-state index is -0.989. The first-order chi connectivity index (χ1) is 11.8. The van der Waals surface area contributed by atoms with Gasteiger partial charge in [0.2, 0.25) is 0 Å². The van der Waals surface area contributed by atoms with Gasteiger partial charge in [0.1, 0.15) is 5.57 Å². The van der Waals surface area contributed by atoms with Gasteiger partial charge in [0, 0.05) is 12.6 Å². The molecule has 0 unspecified atom stereocenters. The van der Waals surface area contributed by atoms with Gasteiger partial charge in [0.15, 0.2) is 11.6 Å². The van der Waals surface area contributed by atoms with Crippen LogP contribution in [0.2, 0.25) is 0 Å². The van der Waals surface area contributed by atoms with Crippen LogP contribution >= 0.6 is 0 Å². The van der Waals surface area contributed by atoms with Gasteiger partial charge in [-0.3, -0.25) is 9.80 Å². The molecule has 1 heterocycles. The highest BCUT2D eigenvalue weighted by Crippen LogP contribution is 2.47. The molecular weight excluding hydrogens is 330 g/mol. The Morgan fingerprint density at radius 1 is 1.32 bits per heavy atom. The summed E-state index contributed by atoms with van der Waals surface area (Å²) in [4.78, 5) is 25.0. The number of nitrogens with zero attached hydrogens (tertiary/aromatic N) is 2. The van der Waals surface area contributed by atoms with Gasteiger partial charge in [-0.1, -0.05) is 12.1 Å². The predicted molar refractivity (Wildman–Crippen MR) is 86.0 cm³/mol. The van der Waals surface area contributed by atoms with Crippen LogP contribution in [-0.4, -0.2) is 41.6 Å². The van der Waals surface area contributed by atoms with E-state index in [0.717, 1.165) is 25.3 Å². The maximum absolute atomic E-state index is 14.1. The average molecular weight is 350 g/mol. The highest BCUT2D eigenvalue weighted by Gasteiger charge is 2.52. The van der Waals surface area contributed by atoms with Crippen molar-refractivity contribution in [3.63, 3.8) is 0 Å². The van der Waals surface area contributed by atoms with Crippen molar-refractivity contribution in [2.24, 2.45) is 0 Å². The molecule has 134 valence electrons. The van der Waals surface area contributed by atoms with E-state index in [1.807, 2.05) is 0 Å². The van der Waals surface area contributed by atoms with Crippen LogP contribution in [0.5, 0.6) is 0 Å². The van der Waals surface area contributed by atoms with Crippen molar-refractivity contribution in [1.29, 1.82) is 0 Å². The number of amides is 1. The Balaban J connectivity index is 2.04. The number of ether oxygens (including phenoxy) is 1. The number of hydrazine groups is 1. The number of likely N-dealkylation sites (N-methyl/N-ethyl adjacent to an activating group) is 1. The number of carbonyl (C=O) groups is 2. The maximum atomic E-state index is 14.1. The second kappa shape index (κ2) is 6.22. The number of hydrogen-bond donors (Lipinski definition) is 0. The molecule has 1 aliphatic heterocycles. The van der Waals surface area contributed by atoms with Gasteiger partial charge in [-0.2, -0.15) is 0 Å². The summed E-state index contributed by atoms with van der Waals surface area (Å²) in [6.45, 7) is 1.61. The van der Waals surface area contributed by atoms with E-state index in [1.54, 1.807) is 19.0 Å². The third-order valence-corrected chi connectivity index (χ3v) is 5.42. The lowest BCUT2D eigenvalue weighted by Gasteiger charge is -2.56. The van der Waals surface area contributed by atoms with E-state index in [9.17, 15) is 18.4 Å². The summed E-state index contributed by atoms with van der Waals surface area (Å²) in [5.74, 6) is -3.22. The molecule has 1 aromatic rings. The van der Waals surface area contributed by atoms with Gasteiger partial charge in [0.25, 0.3) is 5.91 Å². The molecule has 2 aliphatic rings. The Kier molecular flexibility index (Phi) is 4.36. The van der Waals surface area contributed by atoms with Crippen LogP contribution in [-0.2, 0) is 20.9 Å². The Morgan fingerprint density at radius 3 is 2.56 bits per heavy atom. The van der Waals surface area contributed by atoms with Crippen LogP contribution in [0.4, 0.5) is 8.78 Å². The molecule has 25 heavy (non-hydrogen) atoms. The molecule has 7 heteroatoms. The molecule has 1 aromatic carbocycles. The fraction of sp³-hybridized carbons (Fsp3) is 0.444. The summed E-state index contributed by atoms with van der Waals surface area (Å²) in [7, 11) is 2.96. The van der Waals surface area contributed by atoms with E-state index >= 15 is 0 Å². The van der Waals surface area contributed by atoms with Crippen molar-refractivity contribution >= 4 is 11.9 Å². The fourth-order valence-electron chi connectivity index (χ4n) is 3.69. The lowest BCUT2D eigenvalue weighted by atomic mass is 9.69. The predicted octanol–water partition coefficient (Wildman–Crippen LogP) is 2.57. The minimum Gasteiger partial charge on any atom is -0.465 e. The van der Waals surface area contributed by atoms with Gasteiger partial charge in [-0.15, -0.1) is 0 Å². The molecule has 0 bridgehead atoms. The van der Waals surface area contributed by atoms with Crippen molar-refractivity contribution in [2.45, 2.75) is 38.3 Å². The third kappa shape index (κ3) is 2.54. The lowest BCUT2D eigenvalue weighted by Crippen LogP contribution is -2.65. The van der Waals surface area contributed by atoms with Crippen LogP contribution in [0.25, 0.3) is 0 Å². The van der Waals surface area contributed by atoms with E-state index in [2.05, 4.69) is 0 Å². The maximum Gasteiger partial charge on any atom is 0.343 e. The van der Waals surface area contributed by atoms with Gasteiger partial charge >= 0.3 is 5.97 Å². The van der Waals surface area contributed by atoms with E-state index in [0.29, 0.717) is 5.57 Å². The third-order valence-electron chi connectivity index (χ3n) is 5.42. The number of carbonyl (C=O) groups excluding carboxylic acids is 2. The molecule has 5 nitrogen and oxygen atoms in total. The second-order valence-corrected chi connectivity index (χ2v) is 6.48. The van der Waals surface area contributed by atoms with Crippen molar-refractivity contribution in [1.82, 2.24) is 10.0 Å². The van der Waals surface area contributed by atoms with Gasteiger partial charge < -0.3 is 4.74 Å². The summed E-state index contributed by atoms with van der Waals surface area (Å²) < 4.78 is 32.3. The highest BCUT2D eigenvalue weighted by atomic mass is 19.2. The molecule has 0 N–H and O–H groups in total. The number of halogens is 2. The van der Waals surface area contributed by atoms with E-state index in [1.165, 1.54) is 24.3 Å². The molecule has 1 fully saturated rings. The summed E-state index contributed by atoms with van der Waals surface area (Å²) in [5.41, 5.74) is 0.256. The van der Waals surface area contributed by atoms with Gasteiger partial charge in [-0.05, 0) is 37.8 Å². The SMILES string of the molecule is COC(=O)C1=C(C)C2(CCC2)N(C)N(Cc2cccc(F)c2F)C1=O. The number of benzene rings is 1. The molecular formula is C18H20F2N2O3. The molecule has 0 radical (unpaired) electrons. The summed E-state index contributed by atoms with van der Waals surface area (Å²) in [6.07, 6.45) is 2.53. The molecule has 1 amide bonds. The zero-order valence-electron chi connectivity index (χ0n) is 14.4. The van der Waals surface area contributed by atoms with Crippen LogP contribution in [0.15, 0.2) is 29.3 Å². The Hall–Kier alpha value is -2.28. The lowest BCUT2D eigenvalue weighted by molar-refractivity contribution is -0.169. The molecule has 0 saturated heterocycles. The fourth-order valence-corrected chi connectivity index (χ4v) is 3.69. The molecule has 0 atom stereocenters. The minimum absolute atomic E-state index is 0.0166. The zero-order valence-corrected chi connectivity index (χ0v) is 14.4. The Morgan fingerprint density at radius 2 is 2.00 bits per heavy atom. The Labute approximate surface area is 144 Å². The molecule has 1 spiro atoms. The van der Waals surface area contributed by atoms with E-state index in [4.69, 9.17) is 4.74 Å². The summed E-state index contributed by atoms with van der Waals surface area (Å²) >= 11 is 0. The average Bonchev–Trinajstić information content (AvgIpc) is 2.53. The molecule has 1 saturated carbocycles. The van der Waals surface area contributed by atoms with Crippen LogP contribution in [0, 0.1) is 11.6 Å². The first-order valence-corrected chi connectivity index (χ1v) is 8.11. The number of methoxy groups -OCH3 is 1. The van der Waals surface area contributed by atoms with Crippen molar-refractivity contribution in [3.05, 3.63) is 46.5 Å². The van der Waals surface area contributed by atoms with Crippen LogP contribution in [0.1, 0.15) is 31.7 Å². The van der Waals surface area contributed by atoms with Crippen molar-refractivity contribution < 1.29 is 23.1 Å². The standard InChI is InChI=1S/C18H20F2N2O3/c1-11-14(17(24)25-3)16(23)22(21(2)18(11)8-5-9-18)10-12-6-4-7-13(19)15(12)20/h4,6-7H,5,8-10H2,1-3H3. The number of rotatable bonds is 3. The van der Waals surface area contributed by atoms with Crippen LogP contribution < -0.4 is 0 Å². The van der Waals surface area contributed by atoms with E-state index < -0.39 is 29.0 Å². The summed E-state index contributed by atoms with van der Waals surface area (Å²) in [6, 6.07) is 3.84. The highest BCUT2D eigenvalue weighted by molar-refractivity contribution is 6.17. The first kappa shape index (κ1) is 17.5. The normalized spacial score (nSPS) is 20.0. The number of hydrogen-bond acceptors (Lipinski definition) is 4. The smallest absolute Gasteiger partial charge is 0.343 e. The molecule has 1 aliphatic carbocycles. The van der Waals surface area contributed by atoms with E-state index in [-0.39, 0.29) is 17.7 Å². The van der Waals surface area contributed by atoms with Gasteiger partial charge in [0.05, 0.1) is 19.2 Å². The monoisotopic (exact) mass is 350 g/mol. The topological polar surface area (TPSA) is 49.9 Å². The largest absolute Gasteiger partial charge is 0.465 e. The molecule has 3 rings (SSSR count). The van der Waals surface area contributed by atoms with Crippen molar-refractivity contribution in [3.8, 4) is 0 Å².